The summed E-state index contributed by atoms with van der Waals surface area (Å²) in [6.45, 7) is 9.04. The summed E-state index contributed by atoms with van der Waals surface area (Å²) in [7, 11) is 1.74. The van der Waals surface area contributed by atoms with Gasteiger partial charge < -0.3 is 9.47 Å². The monoisotopic (exact) mass is 200 g/mol. The highest BCUT2D eigenvalue weighted by molar-refractivity contribution is 4.82. The fraction of sp³-hybridized carbons (Fsp3) is 1.00. The van der Waals surface area contributed by atoms with E-state index in [0.717, 1.165) is 6.42 Å². The summed E-state index contributed by atoms with van der Waals surface area (Å²) in [5, 5.41) is 0. The average molecular weight is 200 g/mol. The van der Waals surface area contributed by atoms with Gasteiger partial charge in [0.15, 0.2) is 6.29 Å². The molecule has 0 aromatic rings. The first kappa shape index (κ1) is 12.0. The summed E-state index contributed by atoms with van der Waals surface area (Å²) >= 11 is 0. The molecule has 14 heavy (non-hydrogen) atoms. The fourth-order valence-corrected chi connectivity index (χ4v) is 2.37. The number of ether oxygens (including phenoxy) is 2. The van der Waals surface area contributed by atoms with E-state index in [-0.39, 0.29) is 6.29 Å². The third-order valence-electron chi connectivity index (χ3n) is 3.79. The van der Waals surface area contributed by atoms with Crippen molar-refractivity contribution < 1.29 is 9.47 Å². The standard InChI is InChI=1S/C12H24O2/c1-6-7-11-9(3)8(2)10(4)12(13-5)14-11/h8-12H,6-7H2,1-5H3. The minimum Gasteiger partial charge on any atom is -0.356 e. The van der Waals surface area contributed by atoms with Gasteiger partial charge in [0.05, 0.1) is 6.10 Å². The van der Waals surface area contributed by atoms with Crippen LogP contribution < -0.4 is 0 Å². The minimum atomic E-state index is -0.00208. The van der Waals surface area contributed by atoms with Crippen LogP contribution in [0.2, 0.25) is 0 Å². The van der Waals surface area contributed by atoms with Crippen molar-refractivity contribution in [1.82, 2.24) is 0 Å². The van der Waals surface area contributed by atoms with E-state index in [2.05, 4.69) is 27.7 Å². The van der Waals surface area contributed by atoms with Gasteiger partial charge >= 0.3 is 0 Å². The maximum absolute atomic E-state index is 5.95. The van der Waals surface area contributed by atoms with Gasteiger partial charge in [-0.15, -0.1) is 0 Å². The van der Waals surface area contributed by atoms with Gasteiger partial charge in [-0.2, -0.15) is 0 Å². The Labute approximate surface area is 88.0 Å². The summed E-state index contributed by atoms with van der Waals surface area (Å²) < 4.78 is 11.3. The molecular formula is C12H24O2. The topological polar surface area (TPSA) is 18.5 Å². The summed E-state index contributed by atoms with van der Waals surface area (Å²) in [4.78, 5) is 0. The van der Waals surface area contributed by atoms with Crippen molar-refractivity contribution in [2.75, 3.05) is 7.11 Å². The molecule has 1 fully saturated rings. The van der Waals surface area contributed by atoms with Crippen LogP contribution in [-0.2, 0) is 9.47 Å². The molecule has 0 bridgehead atoms. The molecule has 0 radical (unpaired) electrons. The van der Waals surface area contributed by atoms with Crippen LogP contribution in [0.1, 0.15) is 40.5 Å². The number of methoxy groups -OCH3 is 1. The molecule has 1 rings (SSSR count). The van der Waals surface area contributed by atoms with Gasteiger partial charge in [0.1, 0.15) is 0 Å². The summed E-state index contributed by atoms with van der Waals surface area (Å²) in [6.07, 6.45) is 2.72. The predicted octanol–water partition coefficient (Wildman–Crippen LogP) is 3.07. The summed E-state index contributed by atoms with van der Waals surface area (Å²) in [5.41, 5.74) is 0. The van der Waals surface area contributed by atoms with Crippen molar-refractivity contribution in [3.05, 3.63) is 0 Å². The molecule has 0 spiro atoms. The van der Waals surface area contributed by atoms with Crippen LogP contribution in [0.4, 0.5) is 0 Å². The van der Waals surface area contributed by atoms with E-state index < -0.39 is 0 Å². The number of rotatable bonds is 3. The molecule has 5 atom stereocenters. The highest BCUT2D eigenvalue weighted by atomic mass is 16.7. The van der Waals surface area contributed by atoms with E-state index in [1.807, 2.05) is 0 Å². The highest BCUT2D eigenvalue weighted by Crippen LogP contribution is 2.36. The van der Waals surface area contributed by atoms with Crippen molar-refractivity contribution in [1.29, 1.82) is 0 Å². The molecule has 0 aliphatic carbocycles. The van der Waals surface area contributed by atoms with Gasteiger partial charge in [0, 0.05) is 13.0 Å². The lowest BCUT2D eigenvalue weighted by Gasteiger charge is -2.43. The Kier molecular flexibility index (Phi) is 4.39. The molecule has 2 nitrogen and oxygen atoms in total. The van der Waals surface area contributed by atoms with Crippen LogP contribution in [0, 0.1) is 17.8 Å². The normalized spacial score (nSPS) is 43.9. The quantitative estimate of drug-likeness (QED) is 0.697. The first-order valence-electron chi connectivity index (χ1n) is 5.80. The van der Waals surface area contributed by atoms with Gasteiger partial charge in [-0.1, -0.05) is 34.1 Å². The van der Waals surface area contributed by atoms with Crippen molar-refractivity contribution >= 4 is 0 Å². The van der Waals surface area contributed by atoms with Crippen LogP contribution in [0.25, 0.3) is 0 Å². The summed E-state index contributed by atoms with van der Waals surface area (Å²) in [5.74, 6) is 1.84. The van der Waals surface area contributed by atoms with Gasteiger partial charge in [0.25, 0.3) is 0 Å². The molecule has 1 aliphatic heterocycles. The van der Waals surface area contributed by atoms with Gasteiger partial charge in [-0.3, -0.25) is 0 Å². The molecule has 1 saturated heterocycles. The molecule has 0 N–H and O–H groups in total. The summed E-state index contributed by atoms with van der Waals surface area (Å²) in [6, 6.07) is 0. The largest absolute Gasteiger partial charge is 0.356 e. The SMILES string of the molecule is CCCC1OC(OC)C(C)C(C)C1C. The van der Waals surface area contributed by atoms with E-state index >= 15 is 0 Å². The predicted molar refractivity (Wildman–Crippen MR) is 58.1 cm³/mol. The van der Waals surface area contributed by atoms with Crippen LogP contribution >= 0.6 is 0 Å². The zero-order valence-electron chi connectivity index (χ0n) is 10.1. The molecule has 0 saturated carbocycles. The minimum absolute atomic E-state index is 0.00208. The maximum atomic E-state index is 5.95. The first-order chi connectivity index (χ1) is 6.61. The van der Waals surface area contributed by atoms with Gasteiger partial charge in [0.2, 0.25) is 0 Å². The highest BCUT2D eigenvalue weighted by Gasteiger charge is 2.38. The second-order valence-corrected chi connectivity index (χ2v) is 4.64. The zero-order chi connectivity index (χ0) is 10.7. The second-order valence-electron chi connectivity index (χ2n) is 4.64. The molecular weight excluding hydrogens is 176 g/mol. The lowest BCUT2D eigenvalue weighted by atomic mass is 9.78. The van der Waals surface area contributed by atoms with E-state index in [0.29, 0.717) is 23.9 Å². The van der Waals surface area contributed by atoms with E-state index in [4.69, 9.17) is 9.47 Å². The lowest BCUT2D eigenvalue weighted by Crippen LogP contribution is -2.45. The van der Waals surface area contributed by atoms with Crippen LogP contribution in [0.3, 0.4) is 0 Å². The van der Waals surface area contributed by atoms with Crippen molar-refractivity contribution in [2.45, 2.75) is 52.9 Å². The van der Waals surface area contributed by atoms with Gasteiger partial charge in [-0.25, -0.2) is 0 Å². The Morgan fingerprint density at radius 2 is 1.71 bits per heavy atom. The zero-order valence-corrected chi connectivity index (χ0v) is 10.1. The molecule has 0 aromatic heterocycles. The molecule has 5 unspecified atom stereocenters. The third-order valence-corrected chi connectivity index (χ3v) is 3.79. The second kappa shape index (κ2) is 5.13. The fourth-order valence-electron chi connectivity index (χ4n) is 2.37. The average Bonchev–Trinajstić information content (AvgIpc) is 2.19. The molecule has 1 heterocycles. The van der Waals surface area contributed by atoms with Crippen LogP contribution in [-0.4, -0.2) is 19.5 Å². The smallest absolute Gasteiger partial charge is 0.160 e. The third kappa shape index (κ3) is 2.29. The lowest BCUT2D eigenvalue weighted by molar-refractivity contribution is -0.238. The van der Waals surface area contributed by atoms with Crippen molar-refractivity contribution in [2.24, 2.45) is 17.8 Å². The molecule has 84 valence electrons. The molecule has 1 aliphatic rings. The number of hydrogen-bond donors (Lipinski definition) is 0. The molecule has 0 amide bonds. The Morgan fingerprint density at radius 3 is 2.21 bits per heavy atom. The van der Waals surface area contributed by atoms with Crippen molar-refractivity contribution in [3.8, 4) is 0 Å². The van der Waals surface area contributed by atoms with E-state index in [1.165, 1.54) is 6.42 Å². The van der Waals surface area contributed by atoms with Gasteiger partial charge in [-0.05, 0) is 18.3 Å². The Balaban J connectivity index is 2.63. The molecule has 2 heteroatoms. The molecule has 0 aromatic carbocycles. The van der Waals surface area contributed by atoms with E-state index in [9.17, 15) is 0 Å². The van der Waals surface area contributed by atoms with Crippen LogP contribution in [0.5, 0.6) is 0 Å². The number of hydrogen-bond acceptors (Lipinski definition) is 2. The van der Waals surface area contributed by atoms with E-state index in [1.54, 1.807) is 7.11 Å². The first-order valence-corrected chi connectivity index (χ1v) is 5.80. The van der Waals surface area contributed by atoms with Crippen LogP contribution in [0.15, 0.2) is 0 Å². The van der Waals surface area contributed by atoms with Crippen molar-refractivity contribution in [3.63, 3.8) is 0 Å². The Morgan fingerprint density at radius 1 is 1.07 bits per heavy atom. The Hall–Kier alpha value is -0.0800. The Bertz CT molecular complexity index is 166. The maximum Gasteiger partial charge on any atom is 0.160 e.